The molecule has 2 aromatic carbocycles. The van der Waals surface area contributed by atoms with Crippen molar-refractivity contribution in [1.29, 1.82) is 0 Å². The maximum absolute atomic E-state index is 13.0. The van der Waals surface area contributed by atoms with E-state index in [-0.39, 0.29) is 17.5 Å². The third kappa shape index (κ3) is 7.29. The standard InChI is InChI=1S/C19H17ClFNO3S/c20-16-12-14(6-8-17(16)21)7-9-19(24)25-13-18(23)22-10-11-26-15-4-2-1-3-5-15/h1-9,12H,10-11,13H2,(H,22,23)/b9-7+. The molecule has 7 heteroatoms. The van der Waals surface area contributed by atoms with Crippen LogP contribution >= 0.6 is 23.4 Å². The van der Waals surface area contributed by atoms with Gasteiger partial charge in [-0.3, -0.25) is 4.79 Å². The van der Waals surface area contributed by atoms with E-state index in [0.29, 0.717) is 12.1 Å². The molecule has 4 nitrogen and oxygen atoms in total. The van der Waals surface area contributed by atoms with Crippen molar-refractivity contribution < 1.29 is 18.7 Å². The number of hydrogen-bond acceptors (Lipinski definition) is 4. The smallest absolute Gasteiger partial charge is 0.331 e. The Morgan fingerprint density at radius 2 is 1.96 bits per heavy atom. The van der Waals surface area contributed by atoms with E-state index < -0.39 is 11.8 Å². The average molecular weight is 394 g/mol. The van der Waals surface area contributed by atoms with Crippen molar-refractivity contribution in [3.05, 3.63) is 71.0 Å². The van der Waals surface area contributed by atoms with Gasteiger partial charge in [0.05, 0.1) is 5.02 Å². The first-order valence-corrected chi connectivity index (χ1v) is 9.15. The summed E-state index contributed by atoms with van der Waals surface area (Å²) in [6.45, 7) is 0.114. The van der Waals surface area contributed by atoms with Crippen LogP contribution in [0.1, 0.15) is 5.56 Å². The minimum atomic E-state index is -0.667. The summed E-state index contributed by atoms with van der Waals surface area (Å²) < 4.78 is 17.9. The van der Waals surface area contributed by atoms with Gasteiger partial charge < -0.3 is 10.1 Å². The Bertz CT molecular complexity index is 784. The molecular formula is C19H17ClFNO3S. The van der Waals surface area contributed by atoms with Crippen LogP contribution in [0.15, 0.2) is 59.5 Å². The van der Waals surface area contributed by atoms with E-state index in [2.05, 4.69) is 5.32 Å². The van der Waals surface area contributed by atoms with Crippen LogP contribution < -0.4 is 5.32 Å². The molecule has 0 bridgehead atoms. The van der Waals surface area contributed by atoms with Gasteiger partial charge in [-0.25, -0.2) is 9.18 Å². The summed E-state index contributed by atoms with van der Waals surface area (Å²) in [5.41, 5.74) is 0.552. The number of halogens is 2. The van der Waals surface area contributed by atoms with Gasteiger partial charge in [0.1, 0.15) is 5.82 Å². The van der Waals surface area contributed by atoms with Crippen LogP contribution in [0, 0.1) is 5.82 Å². The molecule has 136 valence electrons. The molecule has 0 saturated carbocycles. The Morgan fingerprint density at radius 1 is 1.19 bits per heavy atom. The Balaban J connectivity index is 1.64. The number of amides is 1. The Morgan fingerprint density at radius 3 is 2.69 bits per heavy atom. The van der Waals surface area contributed by atoms with Gasteiger partial charge in [-0.2, -0.15) is 0 Å². The zero-order chi connectivity index (χ0) is 18.8. The van der Waals surface area contributed by atoms with Crippen LogP contribution in [-0.4, -0.2) is 30.8 Å². The minimum Gasteiger partial charge on any atom is -0.452 e. The van der Waals surface area contributed by atoms with Crippen LogP contribution in [0.2, 0.25) is 5.02 Å². The molecule has 0 aliphatic rings. The Labute approximate surface area is 160 Å². The highest BCUT2D eigenvalue weighted by Crippen LogP contribution is 2.17. The van der Waals surface area contributed by atoms with Gasteiger partial charge in [0.15, 0.2) is 6.61 Å². The van der Waals surface area contributed by atoms with E-state index in [4.69, 9.17) is 16.3 Å². The van der Waals surface area contributed by atoms with Crippen molar-refractivity contribution in [1.82, 2.24) is 5.32 Å². The van der Waals surface area contributed by atoms with Crippen molar-refractivity contribution in [2.75, 3.05) is 18.9 Å². The maximum Gasteiger partial charge on any atom is 0.331 e. The second-order valence-electron chi connectivity index (χ2n) is 5.13. The topological polar surface area (TPSA) is 55.4 Å². The average Bonchev–Trinajstić information content (AvgIpc) is 2.65. The zero-order valence-electron chi connectivity index (χ0n) is 13.8. The summed E-state index contributed by atoms with van der Waals surface area (Å²) in [6, 6.07) is 13.9. The van der Waals surface area contributed by atoms with Gasteiger partial charge in [-0.1, -0.05) is 35.9 Å². The lowest BCUT2D eigenvalue weighted by molar-refractivity contribution is -0.143. The number of ether oxygens (including phenoxy) is 1. The highest BCUT2D eigenvalue weighted by molar-refractivity contribution is 7.99. The molecule has 0 unspecified atom stereocenters. The van der Waals surface area contributed by atoms with Crippen LogP contribution in [-0.2, 0) is 14.3 Å². The molecule has 1 N–H and O–H groups in total. The highest BCUT2D eigenvalue weighted by Gasteiger charge is 2.05. The molecule has 0 aromatic heterocycles. The second-order valence-corrected chi connectivity index (χ2v) is 6.70. The van der Waals surface area contributed by atoms with Gasteiger partial charge >= 0.3 is 5.97 Å². The molecule has 2 rings (SSSR count). The third-order valence-corrected chi connectivity index (χ3v) is 4.44. The zero-order valence-corrected chi connectivity index (χ0v) is 15.4. The molecule has 26 heavy (non-hydrogen) atoms. The summed E-state index contributed by atoms with van der Waals surface area (Å²) in [4.78, 5) is 24.3. The van der Waals surface area contributed by atoms with Gasteiger partial charge in [0, 0.05) is 23.3 Å². The van der Waals surface area contributed by atoms with Crippen molar-refractivity contribution in [2.45, 2.75) is 4.90 Å². The number of benzene rings is 2. The SMILES string of the molecule is O=C(COC(=O)/C=C/c1ccc(F)c(Cl)c1)NCCSc1ccccc1. The number of nitrogens with one attached hydrogen (secondary N) is 1. The van der Waals surface area contributed by atoms with Crippen molar-refractivity contribution in [3.8, 4) is 0 Å². The summed E-state index contributed by atoms with van der Waals surface area (Å²) in [6.07, 6.45) is 2.59. The number of carbonyl (C=O) groups excluding carboxylic acids is 2. The van der Waals surface area contributed by atoms with Crippen LogP contribution in [0.4, 0.5) is 4.39 Å². The first kappa shape index (κ1) is 20.0. The predicted molar refractivity (Wildman–Crippen MR) is 102 cm³/mol. The normalized spacial score (nSPS) is 10.7. The number of hydrogen-bond donors (Lipinski definition) is 1. The lowest BCUT2D eigenvalue weighted by atomic mass is 10.2. The van der Waals surface area contributed by atoms with E-state index >= 15 is 0 Å². The van der Waals surface area contributed by atoms with Crippen LogP contribution in [0.3, 0.4) is 0 Å². The lowest BCUT2D eigenvalue weighted by Gasteiger charge is -2.05. The van der Waals surface area contributed by atoms with E-state index in [1.54, 1.807) is 11.8 Å². The molecule has 0 heterocycles. The van der Waals surface area contributed by atoms with Gasteiger partial charge in [0.2, 0.25) is 0 Å². The monoisotopic (exact) mass is 393 g/mol. The van der Waals surface area contributed by atoms with E-state index in [1.807, 2.05) is 30.3 Å². The number of esters is 1. The molecule has 0 spiro atoms. The molecule has 1 amide bonds. The first-order valence-electron chi connectivity index (χ1n) is 7.79. The second kappa shape index (κ2) is 10.6. The highest BCUT2D eigenvalue weighted by atomic mass is 35.5. The van der Waals surface area contributed by atoms with Crippen LogP contribution in [0.25, 0.3) is 6.08 Å². The molecule has 2 aromatic rings. The van der Waals surface area contributed by atoms with Gasteiger partial charge in [-0.05, 0) is 35.9 Å². The predicted octanol–water partition coefficient (Wildman–Crippen LogP) is 3.94. The summed E-state index contributed by atoms with van der Waals surface area (Å²) >= 11 is 7.28. The number of rotatable bonds is 8. The van der Waals surface area contributed by atoms with Crippen molar-refractivity contribution in [3.63, 3.8) is 0 Å². The molecule has 0 saturated heterocycles. The van der Waals surface area contributed by atoms with E-state index in [0.717, 1.165) is 16.7 Å². The van der Waals surface area contributed by atoms with Crippen LogP contribution in [0.5, 0.6) is 0 Å². The fourth-order valence-electron chi connectivity index (χ4n) is 1.89. The number of carbonyl (C=O) groups is 2. The summed E-state index contributed by atoms with van der Waals surface area (Å²) in [7, 11) is 0. The molecule has 0 aliphatic heterocycles. The molecule has 0 atom stereocenters. The fraction of sp³-hybridized carbons (Fsp3) is 0.158. The van der Waals surface area contributed by atoms with E-state index in [9.17, 15) is 14.0 Å². The Kier molecular flexibility index (Phi) is 8.18. The van der Waals surface area contributed by atoms with Gasteiger partial charge in [-0.15, -0.1) is 11.8 Å². The van der Waals surface area contributed by atoms with Gasteiger partial charge in [0.25, 0.3) is 5.91 Å². The van der Waals surface area contributed by atoms with E-state index in [1.165, 1.54) is 24.3 Å². The molecular weight excluding hydrogens is 377 g/mol. The minimum absolute atomic E-state index is 0.0340. The molecule has 0 aliphatic carbocycles. The van der Waals surface area contributed by atoms with Crippen molar-refractivity contribution in [2.24, 2.45) is 0 Å². The lowest BCUT2D eigenvalue weighted by Crippen LogP contribution is -2.30. The Hall–Kier alpha value is -2.31. The molecule has 0 radical (unpaired) electrons. The van der Waals surface area contributed by atoms with Crippen molar-refractivity contribution >= 4 is 41.3 Å². The fourth-order valence-corrected chi connectivity index (χ4v) is 2.87. The largest absolute Gasteiger partial charge is 0.452 e. The first-order chi connectivity index (χ1) is 12.5. The summed E-state index contributed by atoms with van der Waals surface area (Å²) in [5, 5.41) is 2.64. The summed E-state index contributed by atoms with van der Waals surface area (Å²) in [5.74, 6) is -0.854. The number of thioether (sulfide) groups is 1. The third-order valence-electron chi connectivity index (χ3n) is 3.14. The maximum atomic E-state index is 13.0. The quantitative estimate of drug-likeness (QED) is 0.319. The molecule has 0 fully saturated rings.